The summed E-state index contributed by atoms with van der Waals surface area (Å²) in [5.41, 5.74) is 0.503. The molecule has 7 nitrogen and oxygen atoms in total. The zero-order valence-corrected chi connectivity index (χ0v) is 14.3. The third-order valence-electron chi connectivity index (χ3n) is 3.90. The van der Waals surface area contributed by atoms with Crippen LogP contribution in [0.5, 0.6) is 11.5 Å². The Bertz CT molecular complexity index is 568. The third kappa shape index (κ3) is 4.53. The highest BCUT2D eigenvalue weighted by Gasteiger charge is 2.26. The second-order valence-electron chi connectivity index (χ2n) is 5.56. The molecule has 1 heterocycles. The second kappa shape index (κ2) is 8.42. The highest BCUT2D eigenvalue weighted by Crippen LogP contribution is 2.24. The van der Waals surface area contributed by atoms with Gasteiger partial charge in [0.2, 0.25) is 0 Å². The van der Waals surface area contributed by atoms with Gasteiger partial charge in [-0.15, -0.1) is 0 Å². The second-order valence-corrected chi connectivity index (χ2v) is 5.56. The number of rotatable bonds is 5. The lowest BCUT2D eigenvalue weighted by molar-refractivity contribution is 0.0685. The molecule has 1 aliphatic rings. The quantitative estimate of drug-likeness (QED) is 0.890. The van der Waals surface area contributed by atoms with E-state index in [4.69, 9.17) is 14.2 Å². The summed E-state index contributed by atoms with van der Waals surface area (Å²) in [6, 6.07) is 4.99. The SMILES string of the molecule is CCOC(=O)NC1CCCN(C(=O)c2cc(OC)cc(OC)c2)C1. The van der Waals surface area contributed by atoms with Crippen molar-refractivity contribution in [2.75, 3.05) is 33.9 Å². The fourth-order valence-corrected chi connectivity index (χ4v) is 2.73. The maximum atomic E-state index is 12.8. The molecule has 0 aromatic heterocycles. The van der Waals surface area contributed by atoms with Gasteiger partial charge in [0.15, 0.2) is 0 Å². The van der Waals surface area contributed by atoms with Crippen molar-refractivity contribution in [1.82, 2.24) is 10.2 Å². The van der Waals surface area contributed by atoms with E-state index in [1.165, 1.54) is 0 Å². The van der Waals surface area contributed by atoms with E-state index in [0.717, 1.165) is 12.8 Å². The van der Waals surface area contributed by atoms with Gasteiger partial charge in [0, 0.05) is 30.8 Å². The van der Waals surface area contributed by atoms with Gasteiger partial charge in [-0.25, -0.2) is 4.79 Å². The average molecular weight is 336 g/mol. The van der Waals surface area contributed by atoms with Gasteiger partial charge in [-0.3, -0.25) is 4.79 Å². The van der Waals surface area contributed by atoms with Crippen LogP contribution in [0.3, 0.4) is 0 Å². The van der Waals surface area contributed by atoms with Crippen LogP contribution in [0.2, 0.25) is 0 Å². The van der Waals surface area contributed by atoms with Crippen LogP contribution in [0.25, 0.3) is 0 Å². The number of ether oxygens (including phenoxy) is 3. The van der Waals surface area contributed by atoms with Crippen molar-refractivity contribution < 1.29 is 23.8 Å². The minimum atomic E-state index is -0.445. The Hall–Kier alpha value is -2.44. The van der Waals surface area contributed by atoms with E-state index in [1.807, 2.05) is 0 Å². The molecule has 132 valence electrons. The summed E-state index contributed by atoms with van der Waals surface area (Å²) in [6.45, 7) is 3.19. The molecule has 0 spiro atoms. The number of carbonyl (C=O) groups is 2. The summed E-state index contributed by atoms with van der Waals surface area (Å²) in [7, 11) is 3.09. The minimum Gasteiger partial charge on any atom is -0.497 e. The molecule has 1 atom stereocenters. The molecule has 1 aromatic rings. The summed E-state index contributed by atoms with van der Waals surface area (Å²) < 4.78 is 15.3. The molecule has 1 fully saturated rings. The Kier molecular flexibility index (Phi) is 6.28. The minimum absolute atomic E-state index is 0.103. The number of benzene rings is 1. The smallest absolute Gasteiger partial charge is 0.407 e. The predicted molar refractivity (Wildman–Crippen MR) is 88.6 cm³/mol. The number of hydrogen-bond donors (Lipinski definition) is 1. The maximum absolute atomic E-state index is 12.8. The number of nitrogens with one attached hydrogen (secondary N) is 1. The molecule has 1 saturated heterocycles. The van der Waals surface area contributed by atoms with Crippen molar-refractivity contribution in [2.24, 2.45) is 0 Å². The van der Waals surface area contributed by atoms with E-state index < -0.39 is 6.09 Å². The Morgan fingerprint density at radius 2 is 1.88 bits per heavy atom. The molecule has 1 aromatic carbocycles. The van der Waals surface area contributed by atoms with Gasteiger partial charge in [0.25, 0.3) is 5.91 Å². The van der Waals surface area contributed by atoms with Gasteiger partial charge in [-0.1, -0.05) is 0 Å². The highest BCUT2D eigenvalue weighted by atomic mass is 16.5. The molecule has 2 rings (SSSR count). The van der Waals surface area contributed by atoms with Gasteiger partial charge >= 0.3 is 6.09 Å². The lowest BCUT2D eigenvalue weighted by Gasteiger charge is -2.33. The van der Waals surface area contributed by atoms with E-state index in [0.29, 0.717) is 36.8 Å². The van der Waals surface area contributed by atoms with Gasteiger partial charge < -0.3 is 24.4 Å². The van der Waals surface area contributed by atoms with Gasteiger partial charge in [0.05, 0.1) is 20.8 Å². The number of piperidine rings is 1. The molecule has 2 amide bonds. The van der Waals surface area contributed by atoms with Crippen LogP contribution in [-0.4, -0.2) is 56.9 Å². The molecule has 0 bridgehead atoms. The first kappa shape index (κ1) is 17.9. The maximum Gasteiger partial charge on any atom is 0.407 e. The molecule has 1 N–H and O–H groups in total. The van der Waals surface area contributed by atoms with E-state index in [9.17, 15) is 9.59 Å². The molecule has 1 aliphatic heterocycles. The molecule has 0 radical (unpaired) electrons. The van der Waals surface area contributed by atoms with Gasteiger partial charge in [0.1, 0.15) is 11.5 Å². The zero-order chi connectivity index (χ0) is 17.5. The molecular formula is C17H24N2O5. The zero-order valence-electron chi connectivity index (χ0n) is 14.3. The first-order valence-corrected chi connectivity index (χ1v) is 8.03. The van der Waals surface area contributed by atoms with Crippen LogP contribution >= 0.6 is 0 Å². The number of methoxy groups -OCH3 is 2. The number of carbonyl (C=O) groups excluding carboxylic acids is 2. The van der Waals surface area contributed by atoms with E-state index >= 15 is 0 Å². The predicted octanol–water partition coefficient (Wildman–Crippen LogP) is 2.05. The van der Waals surface area contributed by atoms with Crippen LogP contribution in [-0.2, 0) is 4.74 Å². The molecule has 0 aliphatic carbocycles. The Balaban J connectivity index is 2.07. The summed E-state index contributed by atoms with van der Waals surface area (Å²) >= 11 is 0. The Labute approximate surface area is 141 Å². The highest BCUT2D eigenvalue weighted by molar-refractivity contribution is 5.95. The van der Waals surface area contributed by atoms with E-state index in [1.54, 1.807) is 44.2 Å². The van der Waals surface area contributed by atoms with Crippen LogP contribution in [0.1, 0.15) is 30.1 Å². The normalized spacial score (nSPS) is 17.1. The average Bonchev–Trinajstić information content (AvgIpc) is 2.60. The van der Waals surface area contributed by atoms with Crippen molar-refractivity contribution >= 4 is 12.0 Å². The Morgan fingerprint density at radius 1 is 1.21 bits per heavy atom. The first-order chi connectivity index (χ1) is 11.6. The molecule has 24 heavy (non-hydrogen) atoms. The van der Waals surface area contributed by atoms with Gasteiger partial charge in [-0.05, 0) is 31.9 Å². The molecular weight excluding hydrogens is 312 g/mol. The molecule has 1 unspecified atom stereocenters. The summed E-state index contributed by atoms with van der Waals surface area (Å²) in [4.78, 5) is 26.0. The van der Waals surface area contributed by atoms with Crippen molar-refractivity contribution in [3.8, 4) is 11.5 Å². The summed E-state index contributed by atoms with van der Waals surface area (Å²) in [5.74, 6) is 1.02. The fourth-order valence-electron chi connectivity index (χ4n) is 2.73. The monoisotopic (exact) mass is 336 g/mol. The van der Waals surface area contributed by atoms with Crippen molar-refractivity contribution in [1.29, 1.82) is 0 Å². The van der Waals surface area contributed by atoms with Gasteiger partial charge in [-0.2, -0.15) is 0 Å². The van der Waals surface area contributed by atoms with Crippen molar-refractivity contribution in [3.05, 3.63) is 23.8 Å². The topological polar surface area (TPSA) is 77.1 Å². The molecule has 7 heteroatoms. The van der Waals surface area contributed by atoms with Crippen molar-refractivity contribution in [3.63, 3.8) is 0 Å². The third-order valence-corrected chi connectivity index (χ3v) is 3.90. The summed E-state index contributed by atoms with van der Waals surface area (Å²) in [6.07, 6.45) is 1.20. The number of nitrogens with zero attached hydrogens (tertiary/aromatic N) is 1. The van der Waals surface area contributed by atoms with E-state index in [-0.39, 0.29) is 11.9 Å². The van der Waals surface area contributed by atoms with Crippen LogP contribution in [0.15, 0.2) is 18.2 Å². The fraction of sp³-hybridized carbons (Fsp3) is 0.529. The van der Waals surface area contributed by atoms with Crippen LogP contribution in [0.4, 0.5) is 4.79 Å². The standard InChI is InChI=1S/C17H24N2O5/c1-4-24-17(21)18-13-6-5-7-19(11-13)16(20)12-8-14(22-2)10-15(9-12)23-3/h8-10,13H,4-7,11H2,1-3H3,(H,18,21). The lowest BCUT2D eigenvalue weighted by Crippen LogP contribution is -2.49. The van der Waals surface area contributed by atoms with E-state index in [2.05, 4.69) is 5.32 Å². The number of hydrogen-bond acceptors (Lipinski definition) is 5. The largest absolute Gasteiger partial charge is 0.497 e. The molecule has 0 saturated carbocycles. The number of likely N-dealkylation sites (tertiary alicyclic amines) is 1. The van der Waals surface area contributed by atoms with Crippen LogP contribution < -0.4 is 14.8 Å². The first-order valence-electron chi connectivity index (χ1n) is 8.03. The van der Waals surface area contributed by atoms with Crippen molar-refractivity contribution in [2.45, 2.75) is 25.8 Å². The lowest BCUT2D eigenvalue weighted by atomic mass is 10.0. The summed E-state index contributed by atoms with van der Waals surface area (Å²) in [5, 5.41) is 2.80. The number of alkyl carbamates (subject to hydrolysis) is 1. The Morgan fingerprint density at radius 3 is 2.46 bits per heavy atom. The van der Waals surface area contributed by atoms with Crippen LogP contribution in [0, 0.1) is 0 Å². The number of amides is 2.